The maximum absolute atomic E-state index is 12.4. The van der Waals surface area contributed by atoms with Gasteiger partial charge in [0.2, 0.25) is 0 Å². The van der Waals surface area contributed by atoms with Crippen LogP contribution in [0.1, 0.15) is 38.6 Å². The Kier molecular flexibility index (Phi) is 6.23. The van der Waals surface area contributed by atoms with E-state index in [1.807, 2.05) is 48.7 Å². The molecule has 0 aliphatic heterocycles. The Balaban J connectivity index is 1.75. The summed E-state index contributed by atoms with van der Waals surface area (Å²) in [5.41, 5.74) is 3.75. The van der Waals surface area contributed by atoms with Crippen LogP contribution < -0.4 is 5.32 Å². The van der Waals surface area contributed by atoms with E-state index in [4.69, 9.17) is 4.74 Å². The number of nitriles is 1. The first-order chi connectivity index (χ1) is 14.4. The highest BCUT2D eigenvalue weighted by molar-refractivity contribution is 5.95. The zero-order chi connectivity index (χ0) is 21.7. The number of aromatic nitrogens is 3. The Morgan fingerprint density at radius 2 is 1.87 bits per heavy atom. The van der Waals surface area contributed by atoms with Crippen molar-refractivity contribution in [3.8, 4) is 6.07 Å². The van der Waals surface area contributed by atoms with Crippen LogP contribution in [0.25, 0.3) is 0 Å². The lowest BCUT2D eigenvalue weighted by atomic mass is 10.2. The molecule has 0 aliphatic rings. The van der Waals surface area contributed by atoms with Crippen LogP contribution in [-0.2, 0) is 16.1 Å². The van der Waals surface area contributed by atoms with Gasteiger partial charge in [0.1, 0.15) is 11.9 Å². The number of nitrogens with zero attached hydrogens (tertiary/aromatic N) is 4. The van der Waals surface area contributed by atoms with Crippen molar-refractivity contribution >= 4 is 17.7 Å². The van der Waals surface area contributed by atoms with Crippen molar-refractivity contribution in [2.75, 3.05) is 11.9 Å². The maximum Gasteiger partial charge on any atom is 0.359 e. The third kappa shape index (κ3) is 4.52. The largest absolute Gasteiger partial charge is 0.451 e. The summed E-state index contributed by atoms with van der Waals surface area (Å²) in [6.45, 7) is 5.46. The number of nitrogens with one attached hydrogen (secondary N) is 1. The minimum atomic E-state index is -0.745. The van der Waals surface area contributed by atoms with Crippen LogP contribution in [0.5, 0.6) is 0 Å². The minimum absolute atomic E-state index is 0.0188. The zero-order valence-electron chi connectivity index (χ0n) is 17.0. The molecule has 8 heteroatoms. The van der Waals surface area contributed by atoms with Gasteiger partial charge in [0.25, 0.3) is 5.91 Å². The highest BCUT2D eigenvalue weighted by atomic mass is 16.5. The zero-order valence-corrected chi connectivity index (χ0v) is 17.0. The molecule has 2 heterocycles. The lowest BCUT2D eigenvalue weighted by Crippen LogP contribution is -2.23. The van der Waals surface area contributed by atoms with E-state index in [0.717, 1.165) is 16.8 Å². The van der Waals surface area contributed by atoms with Crippen molar-refractivity contribution in [3.05, 3.63) is 76.5 Å². The molecule has 1 N–H and O–H groups in total. The second-order valence-electron chi connectivity index (χ2n) is 6.78. The molecule has 0 saturated carbocycles. The van der Waals surface area contributed by atoms with Gasteiger partial charge in [-0.05, 0) is 31.9 Å². The van der Waals surface area contributed by atoms with Gasteiger partial charge < -0.3 is 14.6 Å². The fourth-order valence-corrected chi connectivity index (χ4v) is 2.97. The quantitative estimate of drug-likeness (QED) is 0.634. The summed E-state index contributed by atoms with van der Waals surface area (Å²) in [6, 6.07) is 11.9. The normalized spacial score (nSPS) is 10.3. The summed E-state index contributed by atoms with van der Waals surface area (Å²) in [5.74, 6) is -0.913. The monoisotopic (exact) mass is 403 g/mol. The summed E-state index contributed by atoms with van der Waals surface area (Å²) in [7, 11) is 0. The van der Waals surface area contributed by atoms with Gasteiger partial charge in [0.05, 0.1) is 17.5 Å². The molecule has 0 spiro atoms. The van der Waals surface area contributed by atoms with Crippen LogP contribution >= 0.6 is 0 Å². The molecule has 152 valence electrons. The average molecular weight is 403 g/mol. The van der Waals surface area contributed by atoms with E-state index >= 15 is 0 Å². The maximum atomic E-state index is 12.4. The molecular weight excluding hydrogens is 382 g/mol. The van der Waals surface area contributed by atoms with Crippen LogP contribution in [-0.4, -0.2) is 33.0 Å². The lowest BCUT2D eigenvalue weighted by molar-refractivity contribution is -0.119. The molecular formula is C22H21N5O3. The number of esters is 1. The van der Waals surface area contributed by atoms with Crippen molar-refractivity contribution < 1.29 is 14.3 Å². The van der Waals surface area contributed by atoms with E-state index in [0.29, 0.717) is 23.6 Å². The van der Waals surface area contributed by atoms with E-state index in [9.17, 15) is 14.9 Å². The van der Waals surface area contributed by atoms with Gasteiger partial charge in [-0.25, -0.2) is 9.78 Å². The number of rotatable bonds is 6. The third-order valence-corrected chi connectivity index (χ3v) is 4.71. The number of aryl methyl sites for hydroxylation is 1. The van der Waals surface area contributed by atoms with Crippen molar-refractivity contribution in [2.45, 2.75) is 27.3 Å². The smallest absolute Gasteiger partial charge is 0.359 e. The van der Waals surface area contributed by atoms with E-state index in [1.54, 1.807) is 6.92 Å². The molecule has 1 amide bonds. The molecule has 0 atom stereocenters. The molecule has 0 saturated heterocycles. The summed E-state index contributed by atoms with van der Waals surface area (Å²) < 4.78 is 6.89. The number of ether oxygens (including phenoxy) is 1. The first kappa shape index (κ1) is 20.7. The van der Waals surface area contributed by atoms with Crippen LogP contribution in [0.15, 0.2) is 42.7 Å². The summed E-state index contributed by atoms with van der Waals surface area (Å²) in [6.07, 6.45) is 2.74. The molecule has 2 aromatic heterocycles. The highest BCUT2D eigenvalue weighted by Gasteiger charge is 2.20. The molecule has 30 heavy (non-hydrogen) atoms. The van der Waals surface area contributed by atoms with Crippen molar-refractivity contribution in [1.29, 1.82) is 5.26 Å². The molecule has 0 aliphatic carbocycles. The van der Waals surface area contributed by atoms with E-state index in [1.165, 1.54) is 12.4 Å². The lowest BCUT2D eigenvalue weighted by Gasteiger charge is -2.13. The van der Waals surface area contributed by atoms with Crippen LogP contribution in [0, 0.1) is 32.1 Å². The van der Waals surface area contributed by atoms with Crippen LogP contribution in [0.3, 0.4) is 0 Å². The van der Waals surface area contributed by atoms with Gasteiger partial charge in [-0.3, -0.25) is 9.78 Å². The Morgan fingerprint density at radius 1 is 1.13 bits per heavy atom. The van der Waals surface area contributed by atoms with E-state index in [2.05, 4.69) is 21.4 Å². The van der Waals surface area contributed by atoms with Gasteiger partial charge in [-0.1, -0.05) is 30.3 Å². The first-order valence-corrected chi connectivity index (χ1v) is 9.30. The average Bonchev–Trinajstić information content (AvgIpc) is 2.97. The second-order valence-corrected chi connectivity index (χ2v) is 6.78. The summed E-state index contributed by atoms with van der Waals surface area (Å²) in [4.78, 5) is 32.4. The number of carbonyl (C=O) groups is 2. The minimum Gasteiger partial charge on any atom is -0.451 e. The number of anilines is 1. The Bertz CT molecular complexity index is 1110. The highest BCUT2D eigenvalue weighted by Crippen LogP contribution is 2.27. The molecule has 8 nitrogen and oxygen atoms in total. The third-order valence-electron chi connectivity index (χ3n) is 4.71. The predicted molar refractivity (Wildman–Crippen MR) is 110 cm³/mol. The fraction of sp³-hybridized carbons (Fsp3) is 0.227. The summed E-state index contributed by atoms with van der Waals surface area (Å²) >= 11 is 0. The fourth-order valence-electron chi connectivity index (χ4n) is 2.97. The van der Waals surface area contributed by atoms with Gasteiger partial charge in [0.15, 0.2) is 12.3 Å². The number of amides is 1. The number of hydrogen-bond acceptors (Lipinski definition) is 6. The van der Waals surface area contributed by atoms with Crippen LogP contribution in [0.2, 0.25) is 0 Å². The Labute approximate surface area is 174 Å². The second kappa shape index (κ2) is 9.01. The van der Waals surface area contributed by atoms with Crippen LogP contribution in [0.4, 0.5) is 5.82 Å². The van der Waals surface area contributed by atoms with Crippen molar-refractivity contribution in [2.24, 2.45) is 0 Å². The number of benzene rings is 1. The standard InChI is InChI=1S/C22H21N5O3/c1-14-10-25-19(11-24-14)22(29)30-13-20(28)26-21-18(9-23)15(2)16(3)27(21)12-17-7-5-4-6-8-17/h4-8,10-11H,12-13H2,1-3H3,(H,26,28). The molecule has 0 radical (unpaired) electrons. The van der Waals surface area contributed by atoms with E-state index in [-0.39, 0.29) is 5.69 Å². The van der Waals surface area contributed by atoms with Crippen molar-refractivity contribution in [3.63, 3.8) is 0 Å². The van der Waals surface area contributed by atoms with E-state index < -0.39 is 18.5 Å². The number of carbonyl (C=O) groups excluding carboxylic acids is 2. The molecule has 3 rings (SSSR count). The molecule has 3 aromatic rings. The Morgan fingerprint density at radius 3 is 2.50 bits per heavy atom. The topological polar surface area (TPSA) is 110 Å². The summed E-state index contributed by atoms with van der Waals surface area (Å²) in [5, 5.41) is 12.3. The first-order valence-electron chi connectivity index (χ1n) is 9.30. The Hall–Kier alpha value is -3.99. The predicted octanol–water partition coefficient (Wildman–Crippen LogP) is 2.92. The van der Waals surface area contributed by atoms with Gasteiger partial charge in [-0.2, -0.15) is 5.26 Å². The van der Waals surface area contributed by atoms with Crippen molar-refractivity contribution in [1.82, 2.24) is 14.5 Å². The molecule has 0 unspecified atom stereocenters. The van der Waals surface area contributed by atoms with Gasteiger partial charge in [-0.15, -0.1) is 0 Å². The molecule has 0 bridgehead atoms. The van der Waals surface area contributed by atoms with Gasteiger partial charge >= 0.3 is 5.97 Å². The molecule has 1 aromatic carbocycles. The van der Waals surface area contributed by atoms with Gasteiger partial charge in [0, 0.05) is 18.4 Å². The number of hydrogen-bond donors (Lipinski definition) is 1. The SMILES string of the molecule is Cc1cnc(C(=O)OCC(=O)Nc2c(C#N)c(C)c(C)n2Cc2ccccc2)cn1. The molecule has 0 fully saturated rings.